The van der Waals surface area contributed by atoms with Crippen LogP contribution in [0.15, 0.2) is 24.3 Å². The van der Waals surface area contributed by atoms with E-state index in [1.54, 1.807) is 12.1 Å². The lowest BCUT2D eigenvalue weighted by Crippen LogP contribution is -2.47. The molecular weight excluding hydrogens is 202 g/mol. The van der Waals surface area contributed by atoms with Gasteiger partial charge < -0.3 is 15.9 Å². The van der Waals surface area contributed by atoms with Crippen molar-refractivity contribution in [2.45, 2.75) is 31.7 Å². The highest BCUT2D eigenvalue weighted by Crippen LogP contribution is 2.12. The summed E-state index contributed by atoms with van der Waals surface area (Å²) in [5, 5.41) is 18.2. The van der Waals surface area contributed by atoms with Crippen LogP contribution < -0.4 is 5.73 Å². The summed E-state index contributed by atoms with van der Waals surface area (Å²) < 4.78 is 15.2. The second-order valence-corrected chi connectivity index (χ2v) is 4.13. The van der Waals surface area contributed by atoms with E-state index < -0.39 is 11.9 Å². The van der Waals surface area contributed by atoms with E-state index in [9.17, 15) is 0 Å². The molecule has 0 unspecified atom stereocenters. The summed E-state index contributed by atoms with van der Waals surface area (Å²) in [5.41, 5.74) is 6.48. The van der Waals surface area contributed by atoms with Crippen molar-refractivity contribution in [1.82, 2.24) is 0 Å². The predicted octanol–water partition coefficient (Wildman–Crippen LogP) is 0.864. The molecule has 3 heteroatoms. The summed E-state index contributed by atoms with van der Waals surface area (Å²) in [5.74, 6) is 0. The highest BCUT2D eigenvalue weighted by molar-refractivity contribution is 5.22. The molecule has 3 nitrogen and oxygen atoms in total. The maximum absolute atomic E-state index is 9.08. The van der Waals surface area contributed by atoms with Gasteiger partial charge >= 0.3 is 0 Å². The van der Waals surface area contributed by atoms with Gasteiger partial charge in [0.25, 0.3) is 0 Å². The number of nitrogens with two attached hydrogens (primary N) is 1. The summed E-state index contributed by atoms with van der Waals surface area (Å²) >= 11 is 0. The molecule has 1 rings (SSSR count). The molecule has 0 fully saturated rings. The van der Waals surface area contributed by atoms with E-state index >= 15 is 0 Å². The van der Waals surface area contributed by atoms with Crippen molar-refractivity contribution >= 4 is 0 Å². The number of hydrogen-bond acceptors (Lipinski definition) is 3. The number of rotatable bonds is 6. The third-order valence-electron chi connectivity index (χ3n) is 2.78. The summed E-state index contributed by atoms with van der Waals surface area (Å²) in [6.45, 7) is 1.02. The minimum absolute atomic E-state index is 0.251. The Morgan fingerprint density at radius 2 is 1.69 bits per heavy atom. The maximum Gasteiger partial charge on any atom is 0.0633 e. The van der Waals surface area contributed by atoms with Crippen LogP contribution in [0.1, 0.15) is 27.2 Å². The van der Waals surface area contributed by atoms with Gasteiger partial charge in [0, 0.05) is 2.74 Å². The highest BCUT2D eigenvalue weighted by atomic mass is 16.3. The summed E-state index contributed by atoms with van der Waals surface area (Å²) in [6, 6.07) is 7.22. The molecule has 90 valence electrons. The fourth-order valence-electron chi connectivity index (χ4n) is 1.44. The van der Waals surface area contributed by atoms with E-state index in [-0.39, 0.29) is 13.2 Å². The van der Waals surface area contributed by atoms with Crippen LogP contribution in [0.5, 0.6) is 0 Å². The molecule has 0 saturated carbocycles. The fourth-order valence-corrected chi connectivity index (χ4v) is 1.44. The lowest BCUT2D eigenvalue weighted by molar-refractivity contribution is 0.115. The van der Waals surface area contributed by atoms with Crippen molar-refractivity contribution in [3.8, 4) is 0 Å². The van der Waals surface area contributed by atoms with E-state index in [1.165, 1.54) is 6.92 Å². The molecule has 0 aliphatic rings. The van der Waals surface area contributed by atoms with Gasteiger partial charge in [-0.2, -0.15) is 0 Å². The molecule has 0 heterocycles. The Morgan fingerprint density at radius 1 is 1.19 bits per heavy atom. The Labute approximate surface area is 99.7 Å². The smallest absolute Gasteiger partial charge is 0.0633 e. The molecule has 0 aromatic heterocycles. The zero-order valence-electron chi connectivity index (χ0n) is 11.6. The van der Waals surface area contributed by atoms with Gasteiger partial charge in [-0.25, -0.2) is 0 Å². The fraction of sp³-hybridized carbons (Fsp3) is 0.538. The van der Waals surface area contributed by atoms with E-state index in [4.69, 9.17) is 18.7 Å². The van der Waals surface area contributed by atoms with Crippen LogP contribution in [0.4, 0.5) is 0 Å². The van der Waals surface area contributed by atoms with Crippen LogP contribution in [0, 0.1) is 0 Å². The predicted molar refractivity (Wildman–Crippen MR) is 65.2 cm³/mol. The Bertz CT molecular complexity index is 370. The van der Waals surface area contributed by atoms with E-state index in [0.717, 1.165) is 5.56 Å². The van der Waals surface area contributed by atoms with E-state index in [2.05, 4.69) is 0 Å². The first-order chi connectivity index (χ1) is 8.30. The SMILES string of the molecule is [2H]C([2H])(C)c1ccc(CCC(N)(CO)CO)cc1. The first kappa shape index (κ1) is 10.3. The molecule has 0 atom stereocenters. The molecule has 4 N–H and O–H groups in total. The zero-order chi connectivity index (χ0) is 13.8. The third kappa shape index (κ3) is 3.59. The molecule has 1 aromatic rings. The van der Waals surface area contributed by atoms with Crippen molar-refractivity contribution in [1.29, 1.82) is 0 Å². The van der Waals surface area contributed by atoms with Gasteiger partial charge in [0.05, 0.1) is 18.8 Å². The third-order valence-corrected chi connectivity index (χ3v) is 2.78. The molecule has 0 saturated heterocycles. The lowest BCUT2D eigenvalue weighted by Gasteiger charge is -2.24. The molecule has 0 aliphatic carbocycles. The van der Waals surface area contributed by atoms with Crippen molar-refractivity contribution in [3.63, 3.8) is 0 Å². The van der Waals surface area contributed by atoms with Gasteiger partial charge in [-0.05, 0) is 30.3 Å². The summed E-state index contributed by atoms with van der Waals surface area (Å²) in [4.78, 5) is 0. The average Bonchev–Trinajstić information content (AvgIpc) is 2.35. The van der Waals surface area contributed by atoms with Crippen molar-refractivity contribution in [2.75, 3.05) is 13.2 Å². The largest absolute Gasteiger partial charge is 0.394 e. The Morgan fingerprint density at radius 3 is 2.12 bits per heavy atom. The normalized spacial score (nSPS) is 14.5. The van der Waals surface area contributed by atoms with Gasteiger partial charge in [-0.15, -0.1) is 0 Å². The van der Waals surface area contributed by atoms with E-state index in [1.807, 2.05) is 12.1 Å². The zero-order valence-corrected chi connectivity index (χ0v) is 9.61. The second kappa shape index (κ2) is 5.99. The first-order valence-electron chi connectivity index (χ1n) is 6.41. The van der Waals surface area contributed by atoms with Gasteiger partial charge in [-0.3, -0.25) is 0 Å². The summed E-state index contributed by atoms with van der Waals surface area (Å²) in [7, 11) is 0. The average molecular weight is 225 g/mol. The molecule has 0 bridgehead atoms. The van der Waals surface area contributed by atoms with Crippen LogP contribution in [0.25, 0.3) is 0 Å². The van der Waals surface area contributed by atoms with Gasteiger partial charge in [0.1, 0.15) is 0 Å². The van der Waals surface area contributed by atoms with Crippen molar-refractivity contribution < 1.29 is 13.0 Å². The quantitative estimate of drug-likeness (QED) is 0.673. The Kier molecular flexibility index (Phi) is 3.84. The summed E-state index contributed by atoms with van der Waals surface area (Å²) in [6.07, 6.45) is -0.213. The minimum Gasteiger partial charge on any atom is -0.394 e. The number of aliphatic hydroxyl groups excluding tert-OH is 2. The molecular formula is C13H21NO2. The van der Waals surface area contributed by atoms with Crippen molar-refractivity contribution in [3.05, 3.63) is 35.4 Å². The number of aliphatic hydroxyl groups is 2. The minimum atomic E-state index is -1.34. The van der Waals surface area contributed by atoms with Gasteiger partial charge in [0.15, 0.2) is 0 Å². The number of aryl methyl sites for hydroxylation is 2. The second-order valence-electron chi connectivity index (χ2n) is 4.13. The van der Waals surface area contributed by atoms with Crippen LogP contribution >= 0.6 is 0 Å². The molecule has 16 heavy (non-hydrogen) atoms. The molecule has 0 amide bonds. The van der Waals surface area contributed by atoms with Crippen LogP contribution in [0.2, 0.25) is 0 Å². The highest BCUT2D eigenvalue weighted by Gasteiger charge is 2.22. The van der Waals surface area contributed by atoms with Crippen molar-refractivity contribution in [2.24, 2.45) is 5.73 Å². The van der Waals surface area contributed by atoms with E-state index in [0.29, 0.717) is 18.4 Å². The number of hydrogen-bond donors (Lipinski definition) is 3. The molecule has 0 radical (unpaired) electrons. The molecule has 1 aromatic carbocycles. The Balaban J connectivity index is 2.65. The maximum atomic E-state index is 9.08. The van der Waals surface area contributed by atoms with Crippen LogP contribution in [-0.4, -0.2) is 29.0 Å². The molecule has 0 aliphatic heterocycles. The van der Waals surface area contributed by atoms with Crippen LogP contribution in [0.3, 0.4) is 0 Å². The lowest BCUT2D eigenvalue weighted by atomic mass is 9.93. The van der Waals surface area contributed by atoms with Crippen LogP contribution in [-0.2, 0) is 12.8 Å². The van der Waals surface area contributed by atoms with Gasteiger partial charge in [-0.1, -0.05) is 31.2 Å². The molecule has 0 spiro atoms. The monoisotopic (exact) mass is 225 g/mol. The standard InChI is InChI=1S/C13H21NO2/c1-2-11-3-5-12(6-4-11)7-8-13(14,9-15)10-16/h3-6,15-16H,2,7-10,14H2,1H3/i2D2. The van der Waals surface area contributed by atoms with Gasteiger partial charge in [0.2, 0.25) is 0 Å². The topological polar surface area (TPSA) is 66.5 Å². The number of benzene rings is 1. The first-order valence-corrected chi connectivity index (χ1v) is 5.41. The Hall–Kier alpha value is -0.900.